The monoisotopic (exact) mass is 355 g/mol. The molecule has 1 aliphatic carbocycles. The number of aromatic nitrogens is 2. The summed E-state index contributed by atoms with van der Waals surface area (Å²) in [5.41, 5.74) is 1.37. The maximum Gasteiger partial charge on any atom is 0.0698 e. The smallest absolute Gasteiger partial charge is 0.0698 e. The molecule has 1 atom stereocenters. The molecule has 1 aliphatic rings. The number of nitrogens with zero attached hydrogens (tertiary/aromatic N) is 2. The third-order valence-corrected chi connectivity index (χ3v) is 5.22. The second kappa shape index (κ2) is 8.94. The SMILES string of the molecule is CCCn1ncc(Br)c1C(NCC)C1CCCCCCC1. The minimum Gasteiger partial charge on any atom is -0.309 e. The minimum atomic E-state index is 0.441. The highest BCUT2D eigenvalue weighted by Gasteiger charge is 2.27. The predicted octanol–water partition coefficient (Wildman–Crippen LogP) is 5.07. The lowest BCUT2D eigenvalue weighted by Crippen LogP contribution is -2.31. The summed E-state index contributed by atoms with van der Waals surface area (Å²) in [4.78, 5) is 0. The predicted molar refractivity (Wildman–Crippen MR) is 92.4 cm³/mol. The Bertz CT molecular complexity index is 408. The molecule has 0 bridgehead atoms. The van der Waals surface area contributed by atoms with Crippen LogP contribution in [0.4, 0.5) is 0 Å². The first-order chi connectivity index (χ1) is 10.3. The van der Waals surface area contributed by atoms with Crippen LogP contribution in [0.5, 0.6) is 0 Å². The lowest BCUT2D eigenvalue weighted by molar-refractivity contribution is 0.278. The topological polar surface area (TPSA) is 29.9 Å². The number of halogens is 1. The van der Waals surface area contributed by atoms with Crippen LogP contribution in [-0.2, 0) is 6.54 Å². The standard InChI is InChI=1S/C17H30BrN3/c1-3-12-21-17(15(18)13-20-21)16(19-4-2)14-10-8-6-5-7-9-11-14/h13-14,16,19H,3-12H2,1-2H3. The molecule has 0 aromatic carbocycles. The number of hydrogen-bond donors (Lipinski definition) is 1. The van der Waals surface area contributed by atoms with E-state index < -0.39 is 0 Å². The van der Waals surface area contributed by atoms with Gasteiger partial charge in [0.25, 0.3) is 0 Å². The van der Waals surface area contributed by atoms with Crippen molar-refractivity contribution in [3.05, 3.63) is 16.4 Å². The van der Waals surface area contributed by atoms with Crippen LogP contribution < -0.4 is 5.32 Å². The van der Waals surface area contributed by atoms with Crippen LogP contribution in [-0.4, -0.2) is 16.3 Å². The molecule has 120 valence electrons. The van der Waals surface area contributed by atoms with Crippen molar-refractivity contribution in [1.82, 2.24) is 15.1 Å². The van der Waals surface area contributed by atoms with Crippen LogP contribution in [0.25, 0.3) is 0 Å². The van der Waals surface area contributed by atoms with Crippen LogP contribution in [0.15, 0.2) is 10.7 Å². The molecule has 0 radical (unpaired) electrons. The van der Waals surface area contributed by atoms with Gasteiger partial charge in [-0.25, -0.2) is 0 Å². The Hall–Kier alpha value is -0.350. The highest BCUT2D eigenvalue weighted by Crippen LogP contribution is 2.36. The third kappa shape index (κ3) is 4.56. The van der Waals surface area contributed by atoms with E-state index in [2.05, 4.69) is 44.9 Å². The second-order valence-electron chi connectivity index (χ2n) is 6.24. The zero-order valence-electron chi connectivity index (χ0n) is 13.6. The fourth-order valence-electron chi connectivity index (χ4n) is 3.60. The fourth-order valence-corrected chi connectivity index (χ4v) is 4.14. The molecular formula is C17H30BrN3. The van der Waals surface area contributed by atoms with Gasteiger partial charge in [-0.05, 0) is 47.7 Å². The van der Waals surface area contributed by atoms with Gasteiger partial charge >= 0.3 is 0 Å². The van der Waals surface area contributed by atoms with Gasteiger partial charge in [0.1, 0.15) is 0 Å². The maximum atomic E-state index is 4.58. The normalized spacial score (nSPS) is 19.2. The van der Waals surface area contributed by atoms with E-state index in [0.717, 1.165) is 25.4 Å². The quantitative estimate of drug-likeness (QED) is 0.771. The molecule has 3 nitrogen and oxygen atoms in total. The highest BCUT2D eigenvalue weighted by molar-refractivity contribution is 9.10. The lowest BCUT2D eigenvalue weighted by atomic mass is 9.84. The van der Waals surface area contributed by atoms with Crippen LogP contribution in [0, 0.1) is 5.92 Å². The van der Waals surface area contributed by atoms with Crippen molar-refractivity contribution >= 4 is 15.9 Å². The molecule has 1 fully saturated rings. The Morgan fingerprint density at radius 1 is 1.24 bits per heavy atom. The van der Waals surface area contributed by atoms with Crippen molar-refractivity contribution in [3.8, 4) is 0 Å². The molecule has 1 heterocycles. The summed E-state index contributed by atoms with van der Waals surface area (Å²) in [5.74, 6) is 0.744. The average Bonchev–Trinajstić information content (AvgIpc) is 2.78. The molecule has 1 saturated carbocycles. The van der Waals surface area contributed by atoms with Gasteiger partial charge in [0, 0.05) is 6.54 Å². The number of hydrogen-bond acceptors (Lipinski definition) is 2. The van der Waals surface area contributed by atoms with Gasteiger partial charge in [-0.3, -0.25) is 4.68 Å². The summed E-state index contributed by atoms with van der Waals surface area (Å²) in [6.45, 7) is 6.46. The minimum absolute atomic E-state index is 0.441. The van der Waals surface area contributed by atoms with Gasteiger partial charge in [0.2, 0.25) is 0 Å². The van der Waals surface area contributed by atoms with E-state index in [-0.39, 0.29) is 0 Å². The van der Waals surface area contributed by atoms with Crippen molar-refractivity contribution < 1.29 is 0 Å². The zero-order valence-corrected chi connectivity index (χ0v) is 15.2. The number of rotatable bonds is 6. The van der Waals surface area contributed by atoms with E-state index in [1.165, 1.54) is 55.1 Å². The van der Waals surface area contributed by atoms with Crippen molar-refractivity contribution in [3.63, 3.8) is 0 Å². The van der Waals surface area contributed by atoms with E-state index in [9.17, 15) is 0 Å². The van der Waals surface area contributed by atoms with Crippen LogP contribution >= 0.6 is 15.9 Å². The Kier molecular flexibility index (Phi) is 7.24. The molecule has 4 heteroatoms. The summed E-state index contributed by atoms with van der Waals surface area (Å²) in [5, 5.41) is 8.33. The Labute approximate surface area is 138 Å². The number of nitrogens with one attached hydrogen (secondary N) is 1. The summed E-state index contributed by atoms with van der Waals surface area (Å²) < 4.78 is 3.37. The summed E-state index contributed by atoms with van der Waals surface area (Å²) in [6, 6.07) is 0.441. The molecule has 0 spiro atoms. The third-order valence-electron chi connectivity index (χ3n) is 4.61. The lowest BCUT2D eigenvalue weighted by Gasteiger charge is -2.30. The summed E-state index contributed by atoms with van der Waals surface area (Å²) in [7, 11) is 0. The highest BCUT2D eigenvalue weighted by atomic mass is 79.9. The molecule has 0 saturated heterocycles. The first-order valence-corrected chi connectivity index (χ1v) is 9.51. The van der Waals surface area contributed by atoms with Crippen molar-refractivity contribution in [2.45, 2.75) is 77.8 Å². The van der Waals surface area contributed by atoms with E-state index >= 15 is 0 Å². The Morgan fingerprint density at radius 2 is 1.90 bits per heavy atom. The Balaban J connectivity index is 2.22. The second-order valence-corrected chi connectivity index (χ2v) is 7.10. The maximum absolute atomic E-state index is 4.58. The van der Waals surface area contributed by atoms with Crippen molar-refractivity contribution in [2.24, 2.45) is 5.92 Å². The molecule has 0 amide bonds. The molecule has 1 aromatic rings. The van der Waals surface area contributed by atoms with Crippen LogP contribution in [0.3, 0.4) is 0 Å². The van der Waals surface area contributed by atoms with E-state index in [4.69, 9.17) is 0 Å². The van der Waals surface area contributed by atoms with Gasteiger partial charge in [0.05, 0.1) is 22.4 Å². The number of aryl methyl sites for hydroxylation is 1. The molecule has 0 aliphatic heterocycles. The first-order valence-electron chi connectivity index (χ1n) is 8.72. The van der Waals surface area contributed by atoms with Gasteiger partial charge in [0.15, 0.2) is 0 Å². The average molecular weight is 356 g/mol. The van der Waals surface area contributed by atoms with Gasteiger partial charge in [-0.1, -0.05) is 46.0 Å². The first kappa shape index (κ1) is 17.0. The van der Waals surface area contributed by atoms with E-state index in [1.807, 2.05) is 6.20 Å². The largest absolute Gasteiger partial charge is 0.309 e. The van der Waals surface area contributed by atoms with Gasteiger partial charge in [-0.15, -0.1) is 0 Å². The Morgan fingerprint density at radius 3 is 2.52 bits per heavy atom. The molecule has 1 unspecified atom stereocenters. The van der Waals surface area contributed by atoms with Crippen LogP contribution in [0.1, 0.15) is 76.9 Å². The molecule has 21 heavy (non-hydrogen) atoms. The molecule has 1 N–H and O–H groups in total. The van der Waals surface area contributed by atoms with E-state index in [1.54, 1.807) is 0 Å². The van der Waals surface area contributed by atoms with Crippen molar-refractivity contribution in [2.75, 3.05) is 6.54 Å². The van der Waals surface area contributed by atoms with E-state index in [0.29, 0.717) is 6.04 Å². The zero-order chi connectivity index (χ0) is 15.1. The van der Waals surface area contributed by atoms with Crippen molar-refractivity contribution in [1.29, 1.82) is 0 Å². The van der Waals surface area contributed by atoms with Gasteiger partial charge < -0.3 is 5.32 Å². The summed E-state index contributed by atoms with van der Waals surface area (Å²) in [6.07, 6.45) is 12.8. The fraction of sp³-hybridized carbons (Fsp3) is 0.824. The molecule has 2 rings (SSSR count). The van der Waals surface area contributed by atoms with Gasteiger partial charge in [-0.2, -0.15) is 5.10 Å². The molecular weight excluding hydrogens is 326 g/mol. The molecule has 1 aromatic heterocycles. The summed E-state index contributed by atoms with van der Waals surface area (Å²) >= 11 is 3.74. The van der Waals surface area contributed by atoms with Crippen LogP contribution in [0.2, 0.25) is 0 Å².